The Labute approximate surface area is 82.7 Å². The van der Waals surface area contributed by atoms with Gasteiger partial charge in [-0.1, -0.05) is 6.92 Å². The van der Waals surface area contributed by atoms with Crippen LogP contribution in [0.3, 0.4) is 0 Å². The van der Waals surface area contributed by atoms with E-state index in [1.165, 1.54) is 0 Å². The standard InChI is InChI=1S/C9H15N3O2/c1-3-8(9(13)14)10-6-7-4-5-11-12(7)2/h4-5,8,10H,3,6H2,1-2H3,(H,13,14). The maximum absolute atomic E-state index is 10.7. The Bertz CT molecular complexity index is 309. The molecule has 5 nitrogen and oxygen atoms in total. The van der Waals surface area contributed by atoms with E-state index in [1.807, 2.05) is 20.0 Å². The fourth-order valence-electron chi connectivity index (χ4n) is 1.21. The Hall–Kier alpha value is -1.36. The second-order valence-corrected chi connectivity index (χ2v) is 3.13. The highest BCUT2D eigenvalue weighted by Gasteiger charge is 2.13. The molecule has 14 heavy (non-hydrogen) atoms. The van der Waals surface area contributed by atoms with Crippen LogP contribution in [-0.2, 0) is 18.4 Å². The first-order valence-corrected chi connectivity index (χ1v) is 4.58. The third-order valence-corrected chi connectivity index (χ3v) is 2.16. The molecule has 5 heteroatoms. The normalized spacial score (nSPS) is 12.7. The van der Waals surface area contributed by atoms with E-state index in [9.17, 15) is 4.79 Å². The Morgan fingerprint density at radius 2 is 2.50 bits per heavy atom. The Morgan fingerprint density at radius 3 is 2.93 bits per heavy atom. The van der Waals surface area contributed by atoms with Crippen molar-refractivity contribution in [1.82, 2.24) is 15.1 Å². The van der Waals surface area contributed by atoms with Gasteiger partial charge >= 0.3 is 5.97 Å². The van der Waals surface area contributed by atoms with Crippen LogP contribution in [0.1, 0.15) is 19.0 Å². The Balaban J connectivity index is 2.47. The molecular weight excluding hydrogens is 182 g/mol. The molecule has 1 aromatic rings. The number of aliphatic carboxylic acids is 1. The van der Waals surface area contributed by atoms with Gasteiger partial charge in [0.05, 0.1) is 5.69 Å². The molecule has 1 heterocycles. The lowest BCUT2D eigenvalue weighted by atomic mass is 10.2. The fraction of sp³-hybridized carbons (Fsp3) is 0.556. The molecule has 0 radical (unpaired) electrons. The van der Waals surface area contributed by atoms with E-state index in [0.717, 1.165) is 5.69 Å². The van der Waals surface area contributed by atoms with Crippen LogP contribution in [0.15, 0.2) is 12.3 Å². The zero-order valence-electron chi connectivity index (χ0n) is 8.40. The fourth-order valence-corrected chi connectivity index (χ4v) is 1.21. The first-order chi connectivity index (χ1) is 6.65. The van der Waals surface area contributed by atoms with Gasteiger partial charge in [-0.25, -0.2) is 0 Å². The number of nitrogens with zero attached hydrogens (tertiary/aromatic N) is 2. The Morgan fingerprint density at radius 1 is 1.79 bits per heavy atom. The lowest BCUT2D eigenvalue weighted by Gasteiger charge is -2.11. The van der Waals surface area contributed by atoms with Crippen molar-refractivity contribution in [3.05, 3.63) is 18.0 Å². The predicted octanol–water partition coefficient (Wildman–Crippen LogP) is 0.373. The lowest BCUT2D eigenvalue weighted by molar-refractivity contribution is -0.139. The molecule has 0 spiro atoms. The average Bonchev–Trinajstić information content (AvgIpc) is 2.52. The van der Waals surface area contributed by atoms with Crippen LogP contribution in [0.25, 0.3) is 0 Å². The molecular formula is C9H15N3O2. The first-order valence-electron chi connectivity index (χ1n) is 4.58. The molecule has 0 saturated carbocycles. The van der Waals surface area contributed by atoms with E-state index >= 15 is 0 Å². The van der Waals surface area contributed by atoms with Crippen molar-refractivity contribution < 1.29 is 9.90 Å². The predicted molar refractivity (Wildman–Crippen MR) is 51.8 cm³/mol. The van der Waals surface area contributed by atoms with Crippen LogP contribution in [0.2, 0.25) is 0 Å². The number of hydrogen-bond acceptors (Lipinski definition) is 3. The molecule has 0 aliphatic rings. The summed E-state index contributed by atoms with van der Waals surface area (Å²) in [5, 5.41) is 15.7. The molecule has 0 saturated heterocycles. The van der Waals surface area contributed by atoms with Gasteiger partial charge in [0.15, 0.2) is 0 Å². The monoisotopic (exact) mass is 197 g/mol. The zero-order valence-corrected chi connectivity index (χ0v) is 8.40. The summed E-state index contributed by atoms with van der Waals surface area (Å²) in [7, 11) is 1.83. The molecule has 0 aromatic carbocycles. The van der Waals surface area contributed by atoms with E-state index in [2.05, 4.69) is 10.4 Å². The molecule has 2 N–H and O–H groups in total. The number of hydrogen-bond donors (Lipinski definition) is 2. The maximum atomic E-state index is 10.7. The Kier molecular flexibility index (Phi) is 3.64. The summed E-state index contributed by atoms with van der Waals surface area (Å²) in [6.07, 6.45) is 2.27. The number of carboxylic acid groups (broad SMARTS) is 1. The van der Waals surface area contributed by atoms with E-state index in [0.29, 0.717) is 13.0 Å². The van der Waals surface area contributed by atoms with Crippen molar-refractivity contribution in [3.63, 3.8) is 0 Å². The lowest BCUT2D eigenvalue weighted by Crippen LogP contribution is -2.35. The number of carboxylic acids is 1. The first kappa shape index (κ1) is 10.7. The highest BCUT2D eigenvalue weighted by Crippen LogP contribution is 1.98. The van der Waals surface area contributed by atoms with Crippen LogP contribution >= 0.6 is 0 Å². The van der Waals surface area contributed by atoms with Crippen molar-refractivity contribution in [2.45, 2.75) is 25.9 Å². The molecule has 1 aromatic heterocycles. The number of carbonyl (C=O) groups is 1. The number of rotatable bonds is 5. The van der Waals surface area contributed by atoms with Crippen LogP contribution in [0.4, 0.5) is 0 Å². The number of aromatic nitrogens is 2. The summed E-state index contributed by atoms with van der Waals surface area (Å²) >= 11 is 0. The van der Waals surface area contributed by atoms with Crippen LogP contribution in [-0.4, -0.2) is 26.9 Å². The summed E-state index contributed by atoms with van der Waals surface area (Å²) in [5.74, 6) is -0.810. The van der Waals surface area contributed by atoms with Gasteiger partial charge in [-0.3, -0.25) is 14.8 Å². The third-order valence-electron chi connectivity index (χ3n) is 2.16. The number of nitrogens with one attached hydrogen (secondary N) is 1. The molecule has 0 fully saturated rings. The second kappa shape index (κ2) is 4.76. The van der Waals surface area contributed by atoms with Crippen molar-refractivity contribution in [1.29, 1.82) is 0 Å². The topological polar surface area (TPSA) is 67.2 Å². The summed E-state index contributed by atoms with van der Waals surface area (Å²) < 4.78 is 1.72. The maximum Gasteiger partial charge on any atom is 0.320 e. The molecule has 0 amide bonds. The molecule has 0 bridgehead atoms. The summed E-state index contributed by atoms with van der Waals surface area (Å²) in [4.78, 5) is 10.7. The highest BCUT2D eigenvalue weighted by atomic mass is 16.4. The van der Waals surface area contributed by atoms with Crippen molar-refractivity contribution in [2.75, 3.05) is 0 Å². The van der Waals surface area contributed by atoms with Gasteiger partial charge in [0.1, 0.15) is 6.04 Å². The molecule has 78 valence electrons. The van der Waals surface area contributed by atoms with Gasteiger partial charge in [0.25, 0.3) is 0 Å². The second-order valence-electron chi connectivity index (χ2n) is 3.13. The van der Waals surface area contributed by atoms with Gasteiger partial charge in [0, 0.05) is 19.8 Å². The van der Waals surface area contributed by atoms with E-state index in [1.54, 1.807) is 10.9 Å². The van der Waals surface area contributed by atoms with Gasteiger partial charge in [-0.15, -0.1) is 0 Å². The van der Waals surface area contributed by atoms with Crippen LogP contribution in [0, 0.1) is 0 Å². The molecule has 1 unspecified atom stereocenters. The van der Waals surface area contributed by atoms with Crippen molar-refractivity contribution in [2.24, 2.45) is 7.05 Å². The summed E-state index contributed by atoms with van der Waals surface area (Å²) in [6, 6.07) is 1.38. The van der Waals surface area contributed by atoms with Gasteiger partial charge in [0.2, 0.25) is 0 Å². The van der Waals surface area contributed by atoms with Crippen molar-refractivity contribution in [3.8, 4) is 0 Å². The minimum atomic E-state index is -0.810. The molecule has 1 rings (SSSR count). The van der Waals surface area contributed by atoms with Crippen LogP contribution in [0.5, 0.6) is 0 Å². The highest BCUT2D eigenvalue weighted by molar-refractivity contribution is 5.73. The molecule has 0 aliphatic heterocycles. The quantitative estimate of drug-likeness (QED) is 0.715. The minimum Gasteiger partial charge on any atom is -0.480 e. The van der Waals surface area contributed by atoms with Gasteiger partial charge in [-0.2, -0.15) is 5.10 Å². The smallest absolute Gasteiger partial charge is 0.320 e. The van der Waals surface area contributed by atoms with Crippen molar-refractivity contribution >= 4 is 5.97 Å². The van der Waals surface area contributed by atoms with Gasteiger partial charge in [-0.05, 0) is 12.5 Å². The third kappa shape index (κ3) is 2.56. The van der Waals surface area contributed by atoms with E-state index in [-0.39, 0.29) is 0 Å². The van der Waals surface area contributed by atoms with Crippen LogP contribution < -0.4 is 5.32 Å². The molecule has 0 aliphatic carbocycles. The van der Waals surface area contributed by atoms with E-state index < -0.39 is 12.0 Å². The average molecular weight is 197 g/mol. The molecule has 1 atom stereocenters. The number of aryl methyl sites for hydroxylation is 1. The SMILES string of the molecule is CCC(NCc1ccnn1C)C(=O)O. The van der Waals surface area contributed by atoms with Gasteiger partial charge < -0.3 is 5.11 Å². The summed E-state index contributed by atoms with van der Waals surface area (Å²) in [5.41, 5.74) is 0.977. The largest absolute Gasteiger partial charge is 0.480 e. The minimum absolute atomic E-state index is 0.482. The van der Waals surface area contributed by atoms with E-state index in [4.69, 9.17) is 5.11 Å². The summed E-state index contributed by atoms with van der Waals surface area (Å²) in [6.45, 7) is 2.37. The zero-order chi connectivity index (χ0) is 10.6.